The van der Waals surface area contributed by atoms with Crippen LogP contribution in [-0.4, -0.2) is 66.2 Å². The quantitative estimate of drug-likeness (QED) is 0.552. The van der Waals surface area contributed by atoms with E-state index in [2.05, 4.69) is 15.0 Å². The number of thiophene rings is 1. The lowest BCUT2D eigenvalue weighted by Crippen LogP contribution is -2.49. The summed E-state index contributed by atoms with van der Waals surface area (Å²) in [5.74, 6) is 1.21. The minimum Gasteiger partial charge on any atom is -0.480 e. The third-order valence-corrected chi connectivity index (χ3v) is 6.60. The predicted octanol–water partition coefficient (Wildman–Crippen LogP) is 3.53. The van der Waals surface area contributed by atoms with E-state index < -0.39 is 11.7 Å². The lowest BCUT2D eigenvalue weighted by atomic mass is 10.2. The first-order valence-corrected chi connectivity index (χ1v) is 10.9. The Hall–Kier alpha value is -2.99. The van der Waals surface area contributed by atoms with Crippen molar-refractivity contribution in [3.05, 3.63) is 40.2 Å². The third kappa shape index (κ3) is 4.58. The molecule has 176 valence electrons. The minimum absolute atomic E-state index is 0.120. The predicted molar refractivity (Wildman–Crippen MR) is 117 cm³/mol. The fourth-order valence-corrected chi connectivity index (χ4v) is 4.87. The smallest absolute Gasteiger partial charge is 0.417 e. The van der Waals surface area contributed by atoms with E-state index in [4.69, 9.17) is 9.47 Å². The summed E-state index contributed by atoms with van der Waals surface area (Å²) in [4.78, 5) is 30.9. The van der Waals surface area contributed by atoms with Gasteiger partial charge in [0.15, 0.2) is 5.82 Å². The number of aromatic nitrogens is 3. The summed E-state index contributed by atoms with van der Waals surface area (Å²) in [6.45, 7) is 3.85. The van der Waals surface area contributed by atoms with Gasteiger partial charge in [0.25, 0.3) is 5.91 Å². The van der Waals surface area contributed by atoms with Gasteiger partial charge in [0.1, 0.15) is 17.3 Å². The summed E-state index contributed by atoms with van der Waals surface area (Å²) in [7, 11) is 3.07. The summed E-state index contributed by atoms with van der Waals surface area (Å²) in [5, 5.41) is 0.707. The van der Waals surface area contributed by atoms with Gasteiger partial charge in [-0.05, 0) is 24.6 Å². The van der Waals surface area contributed by atoms with Crippen LogP contribution in [0.5, 0.6) is 5.88 Å². The van der Waals surface area contributed by atoms with Crippen molar-refractivity contribution in [2.75, 3.05) is 45.3 Å². The fraction of sp³-hybridized carbons (Fsp3) is 0.429. The number of nitrogens with zero attached hydrogens (tertiary/aromatic N) is 5. The molecule has 8 nitrogen and oxygen atoms in total. The van der Waals surface area contributed by atoms with E-state index in [1.54, 1.807) is 12.0 Å². The minimum atomic E-state index is -4.42. The number of alkyl halides is 3. The Morgan fingerprint density at radius 1 is 1.15 bits per heavy atom. The van der Waals surface area contributed by atoms with Crippen LogP contribution in [0.4, 0.5) is 19.0 Å². The van der Waals surface area contributed by atoms with Crippen molar-refractivity contribution in [2.24, 2.45) is 0 Å². The van der Waals surface area contributed by atoms with Crippen molar-refractivity contribution in [3.63, 3.8) is 0 Å². The zero-order valence-corrected chi connectivity index (χ0v) is 19.1. The molecule has 1 saturated heterocycles. The van der Waals surface area contributed by atoms with Crippen molar-refractivity contribution < 1.29 is 27.4 Å². The molecular formula is C21H22F3N5O3S. The van der Waals surface area contributed by atoms with Gasteiger partial charge in [0.2, 0.25) is 5.88 Å². The number of rotatable bonds is 5. The molecule has 1 aliphatic rings. The van der Waals surface area contributed by atoms with Crippen LogP contribution in [0.15, 0.2) is 18.3 Å². The molecule has 1 aliphatic heterocycles. The number of ether oxygens (including phenoxy) is 2. The van der Waals surface area contributed by atoms with E-state index in [1.165, 1.54) is 24.5 Å². The van der Waals surface area contributed by atoms with Crippen LogP contribution in [0.25, 0.3) is 10.2 Å². The maximum Gasteiger partial charge on any atom is 0.417 e. The number of aryl methyl sites for hydroxylation is 1. The van der Waals surface area contributed by atoms with Gasteiger partial charge >= 0.3 is 6.18 Å². The number of anilines is 1. The van der Waals surface area contributed by atoms with Crippen molar-refractivity contribution in [1.29, 1.82) is 0 Å². The van der Waals surface area contributed by atoms with Crippen LogP contribution < -0.4 is 9.64 Å². The summed E-state index contributed by atoms with van der Waals surface area (Å²) in [6.07, 6.45) is -3.59. The molecule has 0 bridgehead atoms. The molecule has 3 aromatic heterocycles. The van der Waals surface area contributed by atoms with Crippen molar-refractivity contribution in [1.82, 2.24) is 19.9 Å². The highest BCUT2D eigenvalue weighted by Crippen LogP contribution is 2.36. The first-order valence-electron chi connectivity index (χ1n) is 10.1. The Morgan fingerprint density at radius 2 is 1.88 bits per heavy atom. The van der Waals surface area contributed by atoms with E-state index in [9.17, 15) is 18.0 Å². The van der Waals surface area contributed by atoms with Gasteiger partial charge in [-0.1, -0.05) is 0 Å². The van der Waals surface area contributed by atoms with Gasteiger partial charge < -0.3 is 19.3 Å². The molecule has 4 heterocycles. The van der Waals surface area contributed by atoms with Crippen LogP contribution in [-0.2, 0) is 17.5 Å². The number of hydrogen-bond donors (Lipinski definition) is 0. The number of piperazine rings is 1. The summed E-state index contributed by atoms with van der Waals surface area (Å²) >= 11 is 1.29. The zero-order chi connectivity index (χ0) is 23.8. The summed E-state index contributed by atoms with van der Waals surface area (Å²) < 4.78 is 48.8. The number of pyridine rings is 1. The SMILES string of the molecule is COCc1nc(OC)c2c(C)c(C(=O)N3CCN(c4ccc(C(F)(F)F)cn4)CC3)sc2n1. The number of amides is 1. The molecule has 1 amide bonds. The van der Waals surface area contributed by atoms with E-state index in [0.717, 1.165) is 17.8 Å². The Kier molecular flexibility index (Phi) is 6.39. The Labute approximate surface area is 192 Å². The van der Waals surface area contributed by atoms with E-state index in [-0.39, 0.29) is 12.5 Å². The topological polar surface area (TPSA) is 80.7 Å². The molecule has 3 aromatic rings. The molecular weight excluding hydrogens is 459 g/mol. The first-order chi connectivity index (χ1) is 15.7. The highest BCUT2D eigenvalue weighted by molar-refractivity contribution is 7.20. The lowest BCUT2D eigenvalue weighted by Gasteiger charge is -2.35. The highest BCUT2D eigenvalue weighted by atomic mass is 32.1. The summed E-state index contributed by atoms with van der Waals surface area (Å²) in [5.41, 5.74) is -0.0277. The van der Waals surface area contributed by atoms with Crippen molar-refractivity contribution >= 4 is 33.3 Å². The Morgan fingerprint density at radius 3 is 2.45 bits per heavy atom. The first kappa shape index (κ1) is 23.2. The second-order valence-corrected chi connectivity index (χ2v) is 8.50. The fourth-order valence-electron chi connectivity index (χ4n) is 3.71. The maximum absolute atomic E-state index is 13.3. The van der Waals surface area contributed by atoms with Gasteiger partial charge in [-0.25, -0.2) is 9.97 Å². The second kappa shape index (κ2) is 9.10. The zero-order valence-electron chi connectivity index (χ0n) is 18.3. The average Bonchev–Trinajstić information content (AvgIpc) is 3.14. The van der Waals surface area contributed by atoms with Crippen LogP contribution in [0.3, 0.4) is 0 Å². The standard InChI is InChI=1S/C21H22F3N5O3S/c1-12-16-18(32-3)26-14(11-31-2)27-19(16)33-17(12)20(30)29-8-6-28(7-9-29)15-5-4-13(10-25-15)21(22,23)24/h4-5,10H,6-9,11H2,1-3H3. The van der Waals surface area contributed by atoms with E-state index >= 15 is 0 Å². The number of fused-ring (bicyclic) bond motifs is 1. The lowest BCUT2D eigenvalue weighted by molar-refractivity contribution is -0.137. The molecule has 12 heteroatoms. The van der Waals surface area contributed by atoms with Gasteiger partial charge in [-0.15, -0.1) is 11.3 Å². The van der Waals surface area contributed by atoms with E-state index in [0.29, 0.717) is 58.8 Å². The molecule has 0 saturated carbocycles. The van der Waals surface area contributed by atoms with Crippen LogP contribution in [0, 0.1) is 6.92 Å². The molecule has 4 rings (SSSR count). The molecule has 1 fully saturated rings. The van der Waals surface area contributed by atoms with Crippen LogP contribution in [0.1, 0.15) is 26.6 Å². The molecule has 0 unspecified atom stereocenters. The summed E-state index contributed by atoms with van der Waals surface area (Å²) in [6, 6.07) is 2.38. The highest BCUT2D eigenvalue weighted by Gasteiger charge is 2.31. The van der Waals surface area contributed by atoms with Gasteiger partial charge in [-0.3, -0.25) is 4.79 Å². The molecule has 0 atom stereocenters. The van der Waals surface area contributed by atoms with Crippen LogP contribution >= 0.6 is 11.3 Å². The normalized spacial score (nSPS) is 14.7. The number of halogens is 3. The van der Waals surface area contributed by atoms with Crippen LogP contribution in [0.2, 0.25) is 0 Å². The Balaban J connectivity index is 1.50. The van der Waals surface area contributed by atoms with Crippen molar-refractivity contribution in [2.45, 2.75) is 19.7 Å². The molecule has 0 radical (unpaired) electrons. The van der Waals surface area contributed by atoms with Crippen molar-refractivity contribution in [3.8, 4) is 5.88 Å². The molecule has 0 spiro atoms. The third-order valence-electron chi connectivity index (χ3n) is 5.43. The van der Waals surface area contributed by atoms with E-state index in [1.807, 2.05) is 11.8 Å². The monoisotopic (exact) mass is 481 g/mol. The number of carbonyl (C=O) groups excluding carboxylic acids is 1. The van der Waals surface area contributed by atoms with Gasteiger partial charge in [0, 0.05) is 39.5 Å². The molecule has 0 aliphatic carbocycles. The number of carbonyl (C=O) groups is 1. The van der Waals surface area contributed by atoms with Gasteiger partial charge in [0.05, 0.1) is 22.9 Å². The molecule has 33 heavy (non-hydrogen) atoms. The average molecular weight is 482 g/mol. The maximum atomic E-state index is 13.3. The number of methoxy groups -OCH3 is 2. The largest absolute Gasteiger partial charge is 0.480 e. The molecule has 0 N–H and O–H groups in total. The molecule has 0 aromatic carbocycles. The number of hydrogen-bond acceptors (Lipinski definition) is 8. The van der Waals surface area contributed by atoms with Gasteiger partial charge in [-0.2, -0.15) is 18.2 Å². The second-order valence-electron chi connectivity index (χ2n) is 7.50. The Bertz CT molecular complexity index is 1160.